The Balaban J connectivity index is 2.09. The molecule has 1 unspecified atom stereocenters. The van der Waals surface area contributed by atoms with Gasteiger partial charge in [0.25, 0.3) is 0 Å². The molecule has 0 spiro atoms. The summed E-state index contributed by atoms with van der Waals surface area (Å²) >= 11 is 0. The minimum atomic E-state index is -3.62. The maximum absolute atomic E-state index is 11.2. The highest BCUT2D eigenvalue weighted by molar-refractivity contribution is 7.89. The molecule has 3 N–H and O–H groups in total. The third-order valence-corrected chi connectivity index (χ3v) is 4.03. The van der Waals surface area contributed by atoms with E-state index in [1.54, 1.807) is 12.1 Å². The maximum atomic E-state index is 11.2. The van der Waals surface area contributed by atoms with Gasteiger partial charge in [0, 0.05) is 25.3 Å². The smallest absolute Gasteiger partial charge is 0.238 e. The first-order chi connectivity index (χ1) is 9.00. The highest BCUT2D eigenvalue weighted by atomic mass is 32.2. The average Bonchev–Trinajstić information content (AvgIpc) is 2.39. The third kappa shape index (κ3) is 3.66. The molecule has 106 valence electrons. The van der Waals surface area contributed by atoms with Crippen LogP contribution in [0.5, 0.6) is 0 Å². The van der Waals surface area contributed by atoms with E-state index >= 15 is 0 Å². The summed E-state index contributed by atoms with van der Waals surface area (Å²) in [5, 5.41) is 8.17. The quantitative estimate of drug-likeness (QED) is 0.797. The molecule has 1 fully saturated rings. The fraction of sp³-hybridized carbons (Fsp3) is 0.500. The van der Waals surface area contributed by atoms with Crippen LogP contribution in [-0.4, -0.2) is 47.8 Å². The number of nitrogens with two attached hydrogens (primary N) is 1. The summed E-state index contributed by atoms with van der Waals surface area (Å²) in [7, 11) is -1.73. The zero-order valence-corrected chi connectivity index (χ0v) is 11.7. The molecule has 1 atom stereocenters. The molecule has 1 aromatic rings. The highest BCUT2D eigenvalue weighted by Gasteiger charge is 2.20. The summed E-state index contributed by atoms with van der Waals surface area (Å²) < 4.78 is 28.0. The van der Waals surface area contributed by atoms with Gasteiger partial charge in [-0.15, -0.1) is 0 Å². The van der Waals surface area contributed by atoms with Crippen molar-refractivity contribution in [1.82, 2.24) is 5.32 Å². The molecular formula is C12H19N3O3S. The lowest BCUT2D eigenvalue weighted by atomic mass is 10.2. The number of primary sulfonamides is 1. The van der Waals surface area contributed by atoms with Crippen LogP contribution in [0.1, 0.15) is 0 Å². The van der Waals surface area contributed by atoms with Crippen LogP contribution < -0.4 is 15.4 Å². The molecule has 7 heteroatoms. The van der Waals surface area contributed by atoms with Crippen molar-refractivity contribution in [3.05, 3.63) is 24.3 Å². The highest BCUT2D eigenvalue weighted by Crippen LogP contribution is 2.19. The number of rotatable bonds is 4. The molecule has 0 bridgehead atoms. The van der Waals surface area contributed by atoms with Gasteiger partial charge in [0.05, 0.1) is 17.6 Å². The first-order valence-electron chi connectivity index (χ1n) is 6.15. The lowest BCUT2D eigenvalue weighted by Gasteiger charge is -2.34. The van der Waals surface area contributed by atoms with Crippen molar-refractivity contribution in [1.29, 1.82) is 0 Å². The van der Waals surface area contributed by atoms with Crippen LogP contribution in [0.25, 0.3) is 0 Å². The molecular weight excluding hydrogens is 266 g/mol. The molecule has 6 nitrogen and oxygen atoms in total. The Morgan fingerprint density at radius 2 is 2.11 bits per heavy atom. The molecule has 1 heterocycles. The number of likely N-dealkylation sites (N-methyl/N-ethyl adjacent to an activating group) is 1. The maximum Gasteiger partial charge on any atom is 0.238 e. The fourth-order valence-corrected chi connectivity index (χ4v) is 2.67. The van der Waals surface area contributed by atoms with Crippen molar-refractivity contribution in [3.63, 3.8) is 0 Å². The predicted octanol–water partition coefficient (Wildman–Crippen LogP) is -0.241. The van der Waals surface area contributed by atoms with E-state index in [2.05, 4.69) is 10.2 Å². The predicted molar refractivity (Wildman–Crippen MR) is 73.7 cm³/mol. The number of nitrogens with one attached hydrogen (secondary N) is 1. The van der Waals surface area contributed by atoms with Crippen LogP contribution in [-0.2, 0) is 14.8 Å². The van der Waals surface area contributed by atoms with Crippen molar-refractivity contribution >= 4 is 15.7 Å². The number of hydrogen-bond acceptors (Lipinski definition) is 5. The summed E-state index contributed by atoms with van der Waals surface area (Å²) in [4.78, 5) is 2.31. The van der Waals surface area contributed by atoms with Crippen LogP contribution in [0.3, 0.4) is 0 Å². The monoisotopic (exact) mass is 285 g/mol. The van der Waals surface area contributed by atoms with E-state index < -0.39 is 10.0 Å². The summed E-state index contributed by atoms with van der Waals surface area (Å²) in [5.74, 6) is 0. The van der Waals surface area contributed by atoms with Gasteiger partial charge in [0.2, 0.25) is 10.0 Å². The molecule has 0 saturated carbocycles. The Hall–Kier alpha value is -1.15. The molecule has 2 rings (SSSR count). The summed E-state index contributed by atoms with van der Waals surface area (Å²) in [6.07, 6.45) is 0.150. The largest absolute Gasteiger partial charge is 0.373 e. The van der Waals surface area contributed by atoms with Gasteiger partial charge in [-0.1, -0.05) is 0 Å². The Labute approximate surface area is 113 Å². The number of anilines is 1. The SMILES string of the molecule is CNCC1CN(c2ccc(S(N)(=O)=O)cc2)CCO1. The molecule has 1 saturated heterocycles. The minimum absolute atomic E-state index is 0.135. The van der Waals surface area contributed by atoms with E-state index in [-0.39, 0.29) is 11.0 Å². The third-order valence-electron chi connectivity index (χ3n) is 3.10. The number of nitrogens with zero attached hydrogens (tertiary/aromatic N) is 1. The van der Waals surface area contributed by atoms with Gasteiger partial charge >= 0.3 is 0 Å². The van der Waals surface area contributed by atoms with Crippen molar-refractivity contribution in [2.75, 3.05) is 38.2 Å². The van der Waals surface area contributed by atoms with Crippen molar-refractivity contribution in [2.45, 2.75) is 11.0 Å². The first kappa shape index (κ1) is 14.3. The van der Waals surface area contributed by atoms with E-state index in [1.807, 2.05) is 7.05 Å². The van der Waals surface area contributed by atoms with Gasteiger partial charge in [0.15, 0.2) is 0 Å². The van der Waals surface area contributed by atoms with E-state index in [9.17, 15) is 8.42 Å². The molecule has 0 aromatic heterocycles. The van der Waals surface area contributed by atoms with Crippen LogP contribution in [0.4, 0.5) is 5.69 Å². The Morgan fingerprint density at radius 1 is 1.42 bits per heavy atom. The standard InChI is InChI=1S/C12H19N3O3S/c1-14-8-11-9-15(6-7-18-11)10-2-4-12(5-3-10)19(13,16)17/h2-5,11,14H,6-9H2,1H3,(H2,13,16,17). The van der Waals surface area contributed by atoms with Gasteiger partial charge in [-0.2, -0.15) is 0 Å². The summed E-state index contributed by atoms with van der Waals surface area (Å²) in [5.41, 5.74) is 0.983. The lowest BCUT2D eigenvalue weighted by Crippen LogP contribution is -2.46. The van der Waals surface area contributed by atoms with E-state index in [4.69, 9.17) is 9.88 Å². The van der Waals surface area contributed by atoms with Crippen LogP contribution in [0.15, 0.2) is 29.2 Å². The molecule has 0 radical (unpaired) electrons. The number of benzene rings is 1. The first-order valence-corrected chi connectivity index (χ1v) is 7.69. The second-order valence-electron chi connectivity index (χ2n) is 4.54. The molecule has 1 aliphatic rings. The average molecular weight is 285 g/mol. The number of sulfonamides is 1. The van der Waals surface area contributed by atoms with Gasteiger partial charge in [-0.3, -0.25) is 0 Å². The lowest BCUT2D eigenvalue weighted by molar-refractivity contribution is 0.0422. The number of hydrogen-bond donors (Lipinski definition) is 2. The van der Waals surface area contributed by atoms with Crippen molar-refractivity contribution in [3.8, 4) is 0 Å². The minimum Gasteiger partial charge on any atom is -0.373 e. The molecule has 0 amide bonds. The Morgan fingerprint density at radius 3 is 2.68 bits per heavy atom. The van der Waals surface area contributed by atoms with Gasteiger partial charge in [-0.05, 0) is 31.3 Å². The number of ether oxygens (including phenoxy) is 1. The zero-order chi connectivity index (χ0) is 13.9. The second-order valence-corrected chi connectivity index (χ2v) is 6.10. The van der Waals surface area contributed by atoms with E-state index in [1.165, 1.54) is 12.1 Å². The van der Waals surface area contributed by atoms with Gasteiger partial charge in [-0.25, -0.2) is 13.6 Å². The van der Waals surface area contributed by atoms with Crippen LogP contribution >= 0.6 is 0 Å². The normalized spacial score (nSPS) is 20.5. The van der Waals surface area contributed by atoms with Crippen molar-refractivity contribution < 1.29 is 13.2 Å². The summed E-state index contributed by atoms with van der Waals surface area (Å²) in [6, 6.07) is 6.63. The molecule has 19 heavy (non-hydrogen) atoms. The van der Waals surface area contributed by atoms with Crippen LogP contribution in [0.2, 0.25) is 0 Å². The van der Waals surface area contributed by atoms with E-state index in [0.29, 0.717) is 6.61 Å². The van der Waals surface area contributed by atoms with E-state index in [0.717, 1.165) is 25.3 Å². The van der Waals surface area contributed by atoms with Gasteiger partial charge in [0.1, 0.15) is 0 Å². The second kappa shape index (κ2) is 5.87. The number of morpholine rings is 1. The van der Waals surface area contributed by atoms with Crippen LogP contribution in [0, 0.1) is 0 Å². The molecule has 1 aromatic carbocycles. The zero-order valence-electron chi connectivity index (χ0n) is 10.9. The van der Waals surface area contributed by atoms with Crippen molar-refractivity contribution in [2.24, 2.45) is 5.14 Å². The summed E-state index contributed by atoms with van der Waals surface area (Å²) in [6.45, 7) is 3.06. The Bertz CT molecular complexity index is 514. The topological polar surface area (TPSA) is 84.7 Å². The molecule has 0 aliphatic carbocycles. The fourth-order valence-electron chi connectivity index (χ4n) is 2.15. The van der Waals surface area contributed by atoms with Gasteiger partial charge < -0.3 is 15.0 Å². The Kier molecular flexibility index (Phi) is 4.41. The molecule has 1 aliphatic heterocycles.